The van der Waals surface area contributed by atoms with Crippen molar-refractivity contribution in [1.29, 1.82) is 0 Å². The molecule has 1 N–H and O–H groups in total. The zero-order valence-corrected chi connectivity index (χ0v) is 11.9. The lowest BCUT2D eigenvalue weighted by Crippen LogP contribution is -2.13. The van der Waals surface area contributed by atoms with Gasteiger partial charge in [-0.2, -0.15) is 0 Å². The molecule has 3 heteroatoms. The molecule has 1 heterocycles. The SMILES string of the molecule is CCCNCc1ccnc(OCCCC(C)C)c1. The number of ether oxygens (including phenoxy) is 1. The minimum Gasteiger partial charge on any atom is -0.478 e. The van der Waals surface area contributed by atoms with Gasteiger partial charge >= 0.3 is 0 Å². The molecule has 0 radical (unpaired) electrons. The van der Waals surface area contributed by atoms with Gasteiger partial charge in [0.2, 0.25) is 5.88 Å². The third-order valence-corrected chi connectivity index (χ3v) is 2.73. The standard InChI is InChI=1S/C15H26N2O/c1-4-8-16-12-14-7-9-17-15(11-14)18-10-5-6-13(2)3/h7,9,11,13,16H,4-6,8,10,12H2,1-3H3. The largest absolute Gasteiger partial charge is 0.478 e. The van der Waals surface area contributed by atoms with Gasteiger partial charge in [0.1, 0.15) is 0 Å². The molecule has 0 aliphatic rings. The van der Waals surface area contributed by atoms with E-state index < -0.39 is 0 Å². The summed E-state index contributed by atoms with van der Waals surface area (Å²) in [5.74, 6) is 1.49. The number of nitrogens with zero attached hydrogens (tertiary/aromatic N) is 1. The van der Waals surface area contributed by atoms with Crippen molar-refractivity contribution in [1.82, 2.24) is 10.3 Å². The van der Waals surface area contributed by atoms with E-state index in [-0.39, 0.29) is 0 Å². The minimum atomic E-state index is 0.742. The van der Waals surface area contributed by atoms with Gasteiger partial charge < -0.3 is 10.1 Å². The van der Waals surface area contributed by atoms with Crippen LogP contribution in [-0.4, -0.2) is 18.1 Å². The lowest BCUT2D eigenvalue weighted by atomic mass is 10.1. The molecule has 0 atom stereocenters. The predicted octanol–water partition coefficient (Wildman–Crippen LogP) is 3.40. The summed E-state index contributed by atoms with van der Waals surface area (Å²) in [7, 11) is 0. The zero-order chi connectivity index (χ0) is 13.2. The zero-order valence-electron chi connectivity index (χ0n) is 11.9. The van der Waals surface area contributed by atoms with E-state index in [4.69, 9.17) is 4.74 Å². The number of hydrogen-bond acceptors (Lipinski definition) is 3. The normalized spacial score (nSPS) is 10.9. The molecule has 0 saturated carbocycles. The van der Waals surface area contributed by atoms with E-state index in [1.54, 1.807) is 0 Å². The Bertz CT molecular complexity index is 326. The van der Waals surface area contributed by atoms with Crippen LogP contribution in [0.25, 0.3) is 0 Å². The summed E-state index contributed by atoms with van der Waals surface area (Å²) < 4.78 is 5.66. The predicted molar refractivity (Wildman–Crippen MR) is 75.8 cm³/mol. The third kappa shape index (κ3) is 6.60. The average Bonchev–Trinajstić information content (AvgIpc) is 2.35. The van der Waals surface area contributed by atoms with Crippen LogP contribution < -0.4 is 10.1 Å². The highest BCUT2D eigenvalue weighted by Crippen LogP contribution is 2.11. The molecule has 1 rings (SSSR count). The minimum absolute atomic E-state index is 0.742. The van der Waals surface area contributed by atoms with E-state index in [0.29, 0.717) is 0 Å². The van der Waals surface area contributed by atoms with Gasteiger partial charge in [0.25, 0.3) is 0 Å². The lowest BCUT2D eigenvalue weighted by Gasteiger charge is -2.08. The van der Waals surface area contributed by atoms with Gasteiger partial charge in [-0.15, -0.1) is 0 Å². The van der Waals surface area contributed by atoms with Crippen LogP contribution in [0.4, 0.5) is 0 Å². The molecule has 102 valence electrons. The molecule has 3 nitrogen and oxygen atoms in total. The summed E-state index contributed by atoms with van der Waals surface area (Å²) in [5, 5.41) is 3.38. The molecule has 0 fully saturated rings. The fourth-order valence-electron chi connectivity index (χ4n) is 1.72. The number of nitrogens with one attached hydrogen (secondary N) is 1. The Labute approximate surface area is 111 Å². The van der Waals surface area contributed by atoms with Crippen LogP contribution in [0.3, 0.4) is 0 Å². The van der Waals surface area contributed by atoms with Gasteiger partial charge in [0, 0.05) is 18.8 Å². The Morgan fingerprint density at radius 2 is 2.22 bits per heavy atom. The second-order valence-electron chi connectivity index (χ2n) is 5.06. The fourth-order valence-corrected chi connectivity index (χ4v) is 1.72. The van der Waals surface area contributed by atoms with Gasteiger partial charge in [-0.1, -0.05) is 20.8 Å². The van der Waals surface area contributed by atoms with Gasteiger partial charge in [0.15, 0.2) is 0 Å². The second kappa shape index (κ2) is 8.92. The molecule has 0 unspecified atom stereocenters. The van der Waals surface area contributed by atoms with Crippen molar-refractivity contribution in [2.45, 2.75) is 46.6 Å². The van der Waals surface area contributed by atoms with Crippen molar-refractivity contribution in [2.75, 3.05) is 13.2 Å². The van der Waals surface area contributed by atoms with E-state index in [1.807, 2.05) is 18.3 Å². The molecular weight excluding hydrogens is 224 g/mol. The molecule has 1 aromatic rings. The summed E-state index contributed by atoms with van der Waals surface area (Å²) in [6.07, 6.45) is 5.28. The smallest absolute Gasteiger partial charge is 0.213 e. The lowest BCUT2D eigenvalue weighted by molar-refractivity contribution is 0.287. The van der Waals surface area contributed by atoms with Gasteiger partial charge in [-0.3, -0.25) is 0 Å². The van der Waals surface area contributed by atoms with Crippen molar-refractivity contribution >= 4 is 0 Å². The first-order chi connectivity index (χ1) is 8.72. The quantitative estimate of drug-likeness (QED) is 0.682. The van der Waals surface area contributed by atoms with Crippen LogP contribution in [-0.2, 0) is 6.54 Å². The highest BCUT2D eigenvalue weighted by Gasteiger charge is 1.99. The van der Waals surface area contributed by atoms with Crippen LogP contribution in [0, 0.1) is 5.92 Å². The average molecular weight is 250 g/mol. The van der Waals surface area contributed by atoms with E-state index in [9.17, 15) is 0 Å². The van der Waals surface area contributed by atoms with E-state index in [1.165, 1.54) is 12.0 Å². The van der Waals surface area contributed by atoms with Crippen LogP contribution in [0.1, 0.15) is 45.6 Å². The van der Waals surface area contributed by atoms with Crippen molar-refractivity contribution in [3.63, 3.8) is 0 Å². The second-order valence-corrected chi connectivity index (χ2v) is 5.06. The Morgan fingerprint density at radius 1 is 1.39 bits per heavy atom. The van der Waals surface area contributed by atoms with Crippen LogP contribution >= 0.6 is 0 Å². The van der Waals surface area contributed by atoms with Crippen LogP contribution in [0.2, 0.25) is 0 Å². The Balaban J connectivity index is 2.30. The summed E-state index contributed by atoms with van der Waals surface area (Å²) in [6.45, 7) is 9.34. The highest BCUT2D eigenvalue weighted by atomic mass is 16.5. The van der Waals surface area contributed by atoms with Crippen molar-refractivity contribution in [2.24, 2.45) is 5.92 Å². The van der Waals surface area contributed by atoms with E-state index >= 15 is 0 Å². The first-order valence-electron chi connectivity index (χ1n) is 7.00. The Hall–Kier alpha value is -1.09. The number of aromatic nitrogens is 1. The first-order valence-corrected chi connectivity index (χ1v) is 7.00. The maximum absolute atomic E-state index is 5.66. The molecule has 0 spiro atoms. The monoisotopic (exact) mass is 250 g/mol. The number of rotatable bonds is 9. The molecule has 18 heavy (non-hydrogen) atoms. The molecule has 0 saturated heterocycles. The first kappa shape index (κ1) is 15.0. The molecule has 0 bridgehead atoms. The van der Waals surface area contributed by atoms with E-state index in [2.05, 4.69) is 31.1 Å². The maximum atomic E-state index is 5.66. The van der Waals surface area contributed by atoms with Crippen molar-refractivity contribution < 1.29 is 4.74 Å². The van der Waals surface area contributed by atoms with Gasteiger partial charge in [-0.25, -0.2) is 4.98 Å². The summed E-state index contributed by atoms with van der Waals surface area (Å²) in [5.41, 5.74) is 1.23. The Morgan fingerprint density at radius 3 is 2.94 bits per heavy atom. The van der Waals surface area contributed by atoms with Crippen LogP contribution in [0.15, 0.2) is 18.3 Å². The number of hydrogen-bond donors (Lipinski definition) is 1. The molecule has 1 aromatic heterocycles. The van der Waals surface area contributed by atoms with Gasteiger partial charge in [0.05, 0.1) is 6.61 Å². The van der Waals surface area contributed by atoms with Crippen LogP contribution in [0.5, 0.6) is 5.88 Å². The molecule has 0 aliphatic heterocycles. The highest BCUT2D eigenvalue weighted by molar-refractivity contribution is 5.20. The summed E-state index contributed by atoms with van der Waals surface area (Å²) in [6, 6.07) is 4.06. The number of pyridine rings is 1. The summed E-state index contributed by atoms with van der Waals surface area (Å²) in [4.78, 5) is 4.23. The molecule has 0 amide bonds. The van der Waals surface area contributed by atoms with Gasteiger partial charge in [-0.05, 0) is 43.4 Å². The summed E-state index contributed by atoms with van der Waals surface area (Å²) >= 11 is 0. The molecular formula is C15H26N2O. The molecule has 0 aromatic carbocycles. The van der Waals surface area contributed by atoms with E-state index in [0.717, 1.165) is 44.3 Å². The topological polar surface area (TPSA) is 34.2 Å². The third-order valence-electron chi connectivity index (χ3n) is 2.73. The Kier molecular flexibility index (Phi) is 7.42. The van der Waals surface area contributed by atoms with Crippen molar-refractivity contribution in [3.8, 4) is 5.88 Å². The van der Waals surface area contributed by atoms with Crippen molar-refractivity contribution in [3.05, 3.63) is 23.9 Å². The molecule has 0 aliphatic carbocycles. The fraction of sp³-hybridized carbons (Fsp3) is 0.667. The maximum Gasteiger partial charge on any atom is 0.213 e.